The Kier molecular flexibility index (Phi) is 7.74. The van der Waals surface area contributed by atoms with Crippen molar-refractivity contribution >= 4 is 29.7 Å². The molecule has 0 atom stereocenters. The molecule has 0 aliphatic heterocycles. The molecule has 0 aromatic carbocycles. The fraction of sp³-hybridized carbons (Fsp3) is 1.00. The number of hydrogen-bond acceptors (Lipinski definition) is 4. The molecule has 3 nitrogen and oxygen atoms in total. The third-order valence-electron chi connectivity index (χ3n) is 3.67. The Morgan fingerprint density at radius 2 is 1.11 bits per heavy atom. The van der Waals surface area contributed by atoms with Crippen molar-refractivity contribution in [2.75, 3.05) is 0 Å². The van der Waals surface area contributed by atoms with Crippen LogP contribution >= 0.6 is 17.9 Å². The molecule has 108 valence electrons. The van der Waals surface area contributed by atoms with Crippen molar-refractivity contribution < 1.29 is 9.05 Å². The molecule has 2 saturated carbocycles. The Hall–Kier alpha value is 0.880. The second-order valence-corrected chi connectivity index (χ2v) is 10.4. The maximum atomic E-state index is 5.95. The smallest absolute Gasteiger partial charge is 0.244 e. The number of rotatable bonds is 4. The van der Waals surface area contributed by atoms with Gasteiger partial charge in [0.1, 0.15) is 0 Å². The van der Waals surface area contributed by atoms with Gasteiger partial charge >= 0.3 is 0 Å². The minimum atomic E-state index is -2.30. The zero-order valence-corrected chi connectivity index (χ0v) is 13.7. The Morgan fingerprint density at radius 3 is 1.44 bits per heavy atom. The summed E-state index contributed by atoms with van der Waals surface area (Å²) in [6, 6.07) is 0. The zero-order chi connectivity index (χ0) is 12.1. The van der Waals surface area contributed by atoms with E-state index in [1.807, 2.05) is 0 Å². The lowest BCUT2D eigenvalue weighted by molar-refractivity contribution is 0.109. The van der Waals surface area contributed by atoms with E-state index in [9.17, 15) is 0 Å². The summed E-state index contributed by atoms with van der Waals surface area (Å²) >= 11 is 9.92. The van der Waals surface area contributed by atoms with Gasteiger partial charge in [-0.2, -0.15) is 0 Å². The highest BCUT2D eigenvalue weighted by Crippen LogP contribution is 2.57. The SMILES string of the molecule is N.S=P(S)(OC1CCCCC1)OC1CCCCC1. The van der Waals surface area contributed by atoms with E-state index in [2.05, 4.69) is 12.2 Å². The van der Waals surface area contributed by atoms with Gasteiger partial charge in [0.25, 0.3) is 0 Å². The predicted octanol–water partition coefficient (Wildman–Crippen LogP) is 5.00. The van der Waals surface area contributed by atoms with Crippen molar-refractivity contribution in [1.82, 2.24) is 6.15 Å². The average molecular weight is 311 g/mol. The van der Waals surface area contributed by atoms with Crippen LogP contribution in [0.15, 0.2) is 0 Å². The molecule has 2 aliphatic carbocycles. The molecular weight excluding hydrogens is 285 g/mol. The molecule has 0 bridgehead atoms. The van der Waals surface area contributed by atoms with Gasteiger partial charge in [0, 0.05) is 0 Å². The third kappa shape index (κ3) is 5.89. The fourth-order valence-corrected chi connectivity index (χ4v) is 5.50. The van der Waals surface area contributed by atoms with E-state index in [1.165, 1.54) is 38.5 Å². The van der Waals surface area contributed by atoms with Crippen molar-refractivity contribution in [2.24, 2.45) is 0 Å². The quantitative estimate of drug-likeness (QED) is 0.566. The molecule has 0 radical (unpaired) electrons. The molecule has 0 spiro atoms. The zero-order valence-electron chi connectivity index (χ0n) is 11.1. The van der Waals surface area contributed by atoms with Crippen LogP contribution in [0.2, 0.25) is 0 Å². The van der Waals surface area contributed by atoms with Crippen molar-refractivity contribution in [2.45, 2.75) is 76.4 Å². The molecule has 3 N–H and O–H groups in total. The van der Waals surface area contributed by atoms with Crippen LogP contribution in [0.25, 0.3) is 0 Å². The highest BCUT2D eigenvalue weighted by Gasteiger charge is 2.26. The third-order valence-corrected chi connectivity index (χ3v) is 5.88. The second kappa shape index (κ2) is 8.23. The lowest BCUT2D eigenvalue weighted by atomic mass is 9.98. The van der Waals surface area contributed by atoms with Gasteiger partial charge in [0.15, 0.2) is 0 Å². The lowest BCUT2D eigenvalue weighted by Crippen LogP contribution is -2.18. The lowest BCUT2D eigenvalue weighted by Gasteiger charge is -2.31. The van der Waals surface area contributed by atoms with Gasteiger partial charge in [-0.1, -0.05) is 50.8 Å². The van der Waals surface area contributed by atoms with E-state index in [0.29, 0.717) is 12.2 Å². The van der Waals surface area contributed by atoms with Crippen LogP contribution in [0.3, 0.4) is 0 Å². The van der Waals surface area contributed by atoms with Crippen LogP contribution in [0.1, 0.15) is 64.2 Å². The fourth-order valence-electron chi connectivity index (χ4n) is 2.74. The molecule has 2 fully saturated rings. The highest BCUT2D eigenvalue weighted by atomic mass is 32.9. The van der Waals surface area contributed by atoms with Crippen LogP contribution in [0.5, 0.6) is 0 Å². The first-order valence-electron chi connectivity index (χ1n) is 6.85. The van der Waals surface area contributed by atoms with Crippen molar-refractivity contribution in [3.8, 4) is 0 Å². The summed E-state index contributed by atoms with van der Waals surface area (Å²) in [5.74, 6) is 0. The standard InChI is InChI=1S/C12H23O2PS2.H3N/c16-15(17,13-11-7-3-1-4-8-11)14-12-9-5-2-6-10-12;/h11-12H,1-10H2,(H,16,17);1H3. The first-order valence-corrected chi connectivity index (χ1v) is 10.6. The molecule has 0 heterocycles. The summed E-state index contributed by atoms with van der Waals surface area (Å²) in [6.45, 7) is 0. The summed E-state index contributed by atoms with van der Waals surface area (Å²) < 4.78 is 11.9. The summed E-state index contributed by atoms with van der Waals surface area (Å²) in [4.78, 5) is 0. The van der Waals surface area contributed by atoms with Crippen molar-refractivity contribution in [3.05, 3.63) is 0 Å². The molecule has 2 aliphatic rings. The topological polar surface area (TPSA) is 53.5 Å². The van der Waals surface area contributed by atoms with E-state index in [1.54, 1.807) is 0 Å². The largest absolute Gasteiger partial charge is 0.344 e. The first kappa shape index (κ1) is 16.9. The second-order valence-electron chi connectivity index (χ2n) is 5.20. The summed E-state index contributed by atoms with van der Waals surface area (Å²) in [5.41, 5.74) is -2.30. The monoisotopic (exact) mass is 311 g/mol. The van der Waals surface area contributed by atoms with E-state index >= 15 is 0 Å². The van der Waals surface area contributed by atoms with Gasteiger partial charge in [-0.25, -0.2) is 0 Å². The molecule has 2 rings (SSSR count). The van der Waals surface area contributed by atoms with E-state index in [0.717, 1.165) is 25.7 Å². The summed E-state index contributed by atoms with van der Waals surface area (Å²) in [7, 11) is 0. The average Bonchev–Trinajstić information content (AvgIpc) is 2.30. The van der Waals surface area contributed by atoms with Gasteiger partial charge in [-0.15, -0.1) is 0 Å². The van der Waals surface area contributed by atoms with Gasteiger partial charge in [-0.05, 0) is 37.5 Å². The predicted molar refractivity (Wildman–Crippen MR) is 84.2 cm³/mol. The number of hydrogen-bond donors (Lipinski definition) is 2. The first-order chi connectivity index (χ1) is 8.16. The summed E-state index contributed by atoms with van der Waals surface area (Å²) in [6.07, 6.45) is 12.8. The minimum absolute atomic E-state index is 0. The minimum Gasteiger partial charge on any atom is -0.344 e. The van der Waals surface area contributed by atoms with Gasteiger partial charge in [0.05, 0.1) is 12.2 Å². The van der Waals surface area contributed by atoms with Crippen LogP contribution in [-0.4, -0.2) is 12.2 Å². The Balaban J connectivity index is 0.00000162. The normalized spacial score (nSPS) is 23.6. The Bertz CT molecular complexity index is 255. The van der Waals surface area contributed by atoms with Crippen LogP contribution in [-0.2, 0) is 20.9 Å². The maximum Gasteiger partial charge on any atom is 0.244 e. The summed E-state index contributed by atoms with van der Waals surface area (Å²) in [5, 5.41) is 0. The molecule has 0 aromatic heterocycles. The maximum absolute atomic E-state index is 5.95. The Labute approximate surface area is 121 Å². The Morgan fingerprint density at radius 1 is 0.778 bits per heavy atom. The van der Waals surface area contributed by atoms with Gasteiger partial charge in [-0.3, -0.25) is 0 Å². The van der Waals surface area contributed by atoms with E-state index in [-0.39, 0.29) is 6.15 Å². The molecule has 0 aromatic rings. The molecular formula is C12H26NO2PS2. The molecule has 0 amide bonds. The van der Waals surface area contributed by atoms with Crippen molar-refractivity contribution in [3.63, 3.8) is 0 Å². The molecule has 18 heavy (non-hydrogen) atoms. The van der Waals surface area contributed by atoms with E-state index in [4.69, 9.17) is 20.9 Å². The van der Waals surface area contributed by atoms with Gasteiger partial charge in [0.2, 0.25) is 5.69 Å². The molecule has 0 saturated heterocycles. The van der Waals surface area contributed by atoms with Crippen molar-refractivity contribution in [1.29, 1.82) is 0 Å². The van der Waals surface area contributed by atoms with Crippen LogP contribution in [0, 0.1) is 0 Å². The van der Waals surface area contributed by atoms with E-state index < -0.39 is 5.69 Å². The van der Waals surface area contributed by atoms with Crippen LogP contribution < -0.4 is 6.15 Å². The number of thiol groups is 1. The van der Waals surface area contributed by atoms with Crippen LogP contribution in [0.4, 0.5) is 0 Å². The molecule has 6 heteroatoms. The highest BCUT2D eigenvalue weighted by molar-refractivity contribution is 8.60. The van der Waals surface area contributed by atoms with Gasteiger partial charge < -0.3 is 15.2 Å². The molecule has 0 unspecified atom stereocenters.